The van der Waals surface area contributed by atoms with Crippen molar-refractivity contribution in [2.75, 3.05) is 46.0 Å². The number of aliphatic hydroxyl groups is 3. The molecular formula is C17H30N2O3. The number of nitrogens with zero attached hydrogens (tertiary/aromatic N) is 2. The lowest BCUT2D eigenvalue weighted by Crippen LogP contribution is -2.29. The van der Waals surface area contributed by atoms with Crippen molar-refractivity contribution >= 4 is 0 Å². The van der Waals surface area contributed by atoms with Gasteiger partial charge in [0.15, 0.2) is 0 Å². The van der Waals surface area contributed by atoms with Crippen LogP contribution in [-0.4, -0.2) is 71.1 Å². The fraction of sp³-hybridized carbons (Fsp3) is 0.647. The molecule has 0 bridgehead atoms. The van der Waals surface area contributed by atoms with Crippen molar-refractivity contribution in [2.24, 2.45) is 0 Å². The second-order valence-electron chi connectivity index (χ2n) is 5.54. The van der Waals surface area contributed by atoms with Gasteiger partial charge < -0.3 is 15.3 Å². The molecule has 0 aromatic heterocycles. The minimum absolute atomic E-state index is 0.102. The van der Waals surface area contributed by atoms with Crippen LogP contribution >= 0.6 is 0 Å². The summed E-state index contributed by atoms with van der Waals surface area (Å²) in [5, 5.41) is 27.2. The summed E-state index contributed by atoms with van der Waals surface area (Å²) in [5.74, 6) is 0. The molecule has 0 aliphatic rings. The Balaban J connectivity index is 2.57. The van der Waals surface area contributed by atoms with Gasteiger partial charge in [0.05, 0.1) is 19.8 Å². The summed E-state index contributed by atoms with van der Waals surface area (Å²) in [7, 11) is 0. The Labute approximate surface area is 133 Å². The van der Waals surface area contributed by atoms with Crippen LogP contribution in [0.25, 0.3) is 0 Å². The third kappa shape index (κ3) is 7.33. The van der Waals surface area contributed by atoms with Gasteiger partial charge in [0.1, 0.15) is 0 Å². The summed E-state index contributed by atoms with van der Waals surface area (Å²) in [6, 6.07) is 8.43. The van der Waals surface area contributed by atoms with Crippen molar-refractivity contribution in [3.05, 3.63) is 35.4 Å². The zero-order valence-electron chi connectivity index (χ0n) is 13.6. The highest BCUT2D eigenvalue weighted by Crippen LogP contribution is 2.10. The number of aliphatic hydroxyl groups excluding tert-OH is 3. The van der Waals surface area contributed by atoms with Crippen LogP contribution in [0.5, 0.6) is 0 Å². The quantitative estimate of drug-likeness (QED) is 0.530. The van der Waals surface area contributed by atoms with Crippen LogP contribution in [0.15, 0.2) is 24.3 Å². The summed E-state index contributed by atoms with van der Waals surface area (Å²) in [6.07, 6.45) is 1.08. The van der Waals surface area contributed by atoms with E-state index in [1.165, 1.54) is 11.1 Å². The van der Waals surface area contributed by atoms with E-state index < -0.39 is 0 Å². The Hall–Kier alpha value is -0.980. The Morgan fingerprint density at radius 2 is 1.05 bits per heavy atom. The Bertz CT molecular complexity index is 335. The molecule has 0 radical (unpaired) electrons. The van der Waals surface area contributed by atoms with Gasteiger partial charge in [-0.25, -0.2) is 0 Å². The van der Waals surface area contributed by atoms with Gasteiger partial charge in [0, 0.05) is 32.7 Å². The molecule has 5 nitrogen and oxygen atoms in total. The van der Waals surface area contributed by atoms with Crippen LogP contribution in [0.3, 0.4) is 0 Å². The summed E-state index contributed by atoms with van der Waals surface area (Å²) in [6.45, 7) is 6.96. The molecular weight excluding hydrogens is 280 g/mol. The average Bonchev–Trinajstić information content (AvgIpc) is 2.50. The van der Waals surface area contributed by atoms with E-state index in [1.54, 1.807) is 0 Å². The molecule has 0 heterocycles. The van der Waals surface area contributed by atoms with Crippen LogP contribution in [0.2, 0.25) is 0 Å². The van der Waals surface area contributed by atoms with E-state index in [2.05, 4.69) is 36.1 Å². The Morgan fingerprint density at radius 1 is 0.682 bits per heavy atom. The zero-order chi connectivity index (χ0) is 16.2. The van der Waals surface area contributed by atoms with Gasteiger partial charge in [-0.15, -0.1) is 0 Å². The molecule has 1 aromatic carbocycles. The molecule has 5 heteroatoms. The van der Waals surface area contributed by atoms with Crippen LogP contribution in [-0.2, 0) is 13.1 Å². The molecule has 1 rings (SSSR count). The molecule has 1 aromatic rings. The summed E-state index contributed by atoms with van der Waals surface area (Å²) in [4.78, 5) is 4.28. The number of benzene rings is 1. The molecule has 0 amide bonds. The summed E-state index contributed by atoms with van der Waals surface area (Å²) < 4.78 is 0. The highest BCUT2D eigenvalue weighted by atomic mass is 16.3. The second-order valence-corrected chi connectivity index (χ2v) is 5.54. The molecule has 0 spiro atoms. The maximum Gasteiger partial charge on any atom is 0.0558 e. The van der Waals surface area contributed by atoms with Gasteiger partial charge in [-0.05, 0) is 24.1 Å². The topological polar surface area (TPSA) is 67.2 Å². The number of hydrogen-bond donors (Lipinski definition) is 3. The molecule has 0 saturated carbocycles. The first-order chi connectivity index (χ1) is 10.7. The maximum atomic E-state index is 9.10. The van der Waals surface area contributed by atoms with Gasteiger partial charge in [0.2, 0.25) is 0 Å². The third-order valence-corrected chi connectivity index (χ3v) is 3.62. The largest absolute Gasteiger partial charge is 0.395 e. The molecule has 0 fully saturated rings. The predicted octanol–water partition coefficient (Wildman–Crippen LogP) is 0.677. The lowest BCUT2D eigenvalue weighted by atomic mass is 10.1. The minimum atomic E-state index is 0.102. The third-order valence-electron chi connectivity index (χ3n) is 3.62. The summed E-state index contributed by atoms with van der Waals surface area (Å²) >= 11 is 0. The average molecular weight is 310 g/mol. The highest BCUT2D eigenvalue weighted by molar-refractivity contribution is 5.22. The molecule has 0 aliphatic carbocycles. The molecule has 0 atom stereocenters. The second kappa shape index (κ2) is 11.6. The maximum absolute atomic E-state index is 9.10. The van der Waals surface area contributed by atoms with Crippen molar-refractivity contribution in [2.45, 2.75) is 26.4 Å². The van der Waals surface area contributed by atoms with Crippen molar-refractivity contribution in [1.82, 2.24) is 9.80 Å². The number of hydrogen-bond acceptors (Lipinski definition) is 5. The van der Waals surface area contributed by atoms with E-state index in [0.717, 1.165) is 26.1 Å². The molecule has 3 N–H and O–H groups in total. The van der Waals surface area contributed by atoms with E-state index in [9.17, 15) is 0 Å². The molecule has 0 saturated heterocycles. The van der Waals surface area contributed by atoms with E-state index in [1.807, 2.05) is 4.90 Å². The van der Waals surface area contributed by atoms with Crippen LogP contribution in [0.4, 0.5) is 0 Å². The first-order valence-corrected chi connectivity index (χ1v) is 8.08. The van der Waals surface area contributed by atoms with Crippen molar-refractivity contribution in [3.8, 4) is 0 Å². The van der Waals surface area contributed by atoms with Gasteiger partial charge in [-0.2, -0.15) is 0 Å². The summed E-state index contributed by atoms with van der Waals surface area (Å²) in [5.41, 5.74) is 2.41. The molecule has 22 heavy (non-hydrogen) atoms. The highest BCUT2D eigenvalue weighted by Gasteiger charge is 2.07. The van der Waals surface area contributed by atoms with E-state index >= 15 is 0 Å². The fourth-order valence-corrected chi connectivity index (χ4v) is 2.55. The van der Waals surface area contributed by atoms with Gasteiger partial charge in [0.25, 0.3) is 0 Å². The first-order valence-electron chi connectivity index (χ1n) is 8.08. The minimum Gasteiger partial charge on any atom is -0.395 e. The zero-order valence-corrected chi connectivity index (χ0v) is 13.6. The standard InChI is InChI=1S/C17H30N2O3/c1-2-7-18(8-11-20)14-16-3-5-17(6-4-16)15-19(9-12-21)10-13-22/h3-6,20-22H,2,7-15H2,1H3. The van der Waals surface area contributed by atoms with Crippen LogP contribution in [0, 0.1) is 0 Å². The normalized spacial score (nSPS) is 11.5. The van der Waals surface area contributed by atoms with E-state index in [4.69, 9.17) is 15.3 Å². The SMILES string of the molecule is CCCN(CCO)Cc1ccc(CN(CCO)CCO)cc1. The van der Waals surface area contributed by atoms with Crippen molar-refractivity contribution in [1.29, 1.82) is 0 Å². The van der Waals surface area contributed by atoms with E-state index in [0.29, 0.717) is 19.6 Å². The van der Waals surface area contributed by atoms with Crippen molar-refractivity contribution in [3.63, 3.8) is 0 Å². The first kappa shape index (κ1) is 19.1. The lowest BCUT2D eigenvalue weighted by Gasteiger charge is -2.22. The molecule has 0 unspecified atom stereocenters. The van der Waals surface area contributed by atoms with Crippen molar-refractivity contribution < 1.29 is 15.3 Å². The molecule has 126 valence electrons. The Kier molecular flexibility index (Phi) is 10.0. The van der Waals surface area contributed by atoms with Crippen LogP contribution in [0.1, 0.15) is 24.5 Å². The van der Waals surface area contributed by atoms with Gasteiger partial charge in [-0.1, -0.05) is 31.2 Å². The van der Waals surface area contributed by atoms with E-state index in [-0.39, 0.29) is 19.8 Å². The lowest BCUT2D eigenvalue weighted by molar-refractivity contribution is 0.156. The molecule has 0 aliphatic heterocycles. The smallest absolute Gasteiger partial charge is 0.0558 e. The fourth-order valence-electron chi connectivity index (χ4n) is 2.55. The Morgan fingerprint density at radius 3 is 1.36 bits per heavy atom. The predicted molar refractivity (Wildman–Crippen MR) is 88.5 cm³/mol. The van der Waals surface area contributed by atoms with Gasteiger partial charge in [-0.3, -0.25) is 9.80 Å². The van der Waals surface area contributed by atoms with Crippen LogP contribution < -0.4 is 0 Å². The monoisotopic (exact) mass is 310 g/mol. The number of rotatable bonds is 12. The van der Waals surface area contributed by atoms with Gasteiger partial charge >= 0.3 is 0 Å².